The fourth-order valence-electron chi connectivity index (χ4n) is 2.88. The van der Waals surface area contributed by atoms with Crippen LogP contribution in [0.15, 0.2) is 12.4 Å². The van der Waals surface area contributed by atoms with Crippen molar-refractivity contribution >= 4 is 15.9 Å². The molecule has 0 aromatic carbocycles. The predicted molar refractivity (Wildman–Crippen MR) is 83.9 cm³/mol. The molecule has 1 saturated heterocycles. The van der Waals surface area contributed by atoms with Crippen molar-refractivity contribution in [2.45, 2.75) is 45.2 Å². The summed E-state index contributed by atoms with van der Waals surface area (Å²) in [5, 5.41) is 0. The predicted octanol–water partition coefficient (Wildman–Crippen LogP) is 0.683. The molecule has 0 saturated carbocycles. The Balaban J connectivity index is 1.84. The number of carbonyl (C=O) groups excluding carboxylic acids is 1. The van der Waals surface area contributed by atoms with E-state index in [1.54, 1.807) is 6.20 Å². The first kappa shape index (κ1) is 17.0. The summed E-state index contributed by atoms with van der Waals surface area (Å²) in [6.07, 6.45) is 6.55. The van der Waals surface area contributed by atoms with Crippen molar-refractivity contribution in [1.82, 2.24) is 19.2 Å². The van der Waals surface area contributed by atoms with Gasteiger partial charge in [0.05, 0.1) is 6.26 Å². The molecule has 22 heavy (non-hydrogen) atoms. The third-order valence-electron chi connectivity index (χ3n) is 4.04. The zero-order chi connectivity index (χ0) is 16.3. The van der Waals surface area contributed by atoms with E-state index in [0.29, 0.717) is 32.4 Å². The molecule has 1 aliphatic heterocycles. The molecule has 1 aromatic rings. The van der Waals surface area contributed by atoms with Gasteiger partial charge in [0.25, 0.3) is 0 Å². The molecule has 1 N–H and O–H groups in total. The van der Waals surface area contributed by atoms with E-state index in [-0.39, 0.29) is 18.0 Å². The standard InChI is InChI=1S/C14H24N4O3S/c1-11(18-9-6-15-12(18)2)10-14(19)17-7-4-13(5-8-17)16-22(3,20)21/h6,9,11,13,16H,4-5,7-8,10H2,1-3H3. The highest BCUT2D eigenvalue weighted by Gasteiger charge is 2.25. The van der Waals surface area contributed by atoms with Gasteiger partial charge < -0.3 is 9.47 Å². The zero-order valence-electron chi connectivity index (χ0n) is 13.3. The number of likely N-dealkylation sites (tertiary alicyclic amines) is 1. The Labute approximate surface area is 131 Å². The van der Waals surface area contributed by atoms with E-state index < -0.39 is 10.0 Å². The van der Waals surface area contributed by atoms with Crippen LogP contribution in [0, 0.1) is 6.92 Å². The molecule has 1 aliphatic rings. The number of imidazole rings is 1. The summed E-state index contributed by atoms with van der Waals surface area (Å²) in [5.41, 5.74) is 0. The number of aromatic nitrogens is 2. The maximum absolute atomic E-state index is 12.4. The maximum Gasteiger partial charge on any atom is 0.224 e. The van der Waals surface area contributed by atoms with E-state index in [4.69, 9.17) is 0 Å². The number of amides is 1. The number of aryl methyl sites for hydroxylation is 1. The van der Waals surface area contributed by atoms with Crippen LogP contribution in [0.25, 0.3) is 0 Å². The lowest BCUT2D eigenvalue weighted by Crippen LogP contribution is -2.46. The second-order valence-electron chi connectivity index (χ2n) is 5.98. The summed E-state index contributed by atoms with van der Waals surface area (Å²) in [7, 11) is -3.18. The normalized spacial score (nSPS) is 18.4. The fraction of sp³-hybridized carbons (Fsp3) is 0.714. The molecule has 2 rings (SSSR count). The van der Waals surface area contributed by atoms with Gasteiger partial charge in [0, 0.05) is 44.0 Å². The molecule has 7 nitrogen and oxygen atoms in total. The molecule has 1 atom stereocenters. The average Bonchev–Trinajstić information content (AvgIpc) is 2.84. The van der Waals surface area contributed by atoms with Crippen molar-refractivity contribution in [2.75, 3.05) is 19.3 Å². The molecular weight excluding hydrogens is 304 g/mol. The summed E-state index contributed by atoms with van der Waals surface area (Å²) in [5.74, 6) is 1.01. The number of carbonyl (C=O) groups is 1. The van der Waals surface area contributed by atoms with E-state index in [9.17, 15) is 13.2 Å². The minimum absolute atomic E-state index is 0.0626. The van der Waals surface area contributed by atoms with Crippen LogP contribution in [-0.2, 0) is 14.8 Å². The molecule has 2 heterocycles. The summed E-state index contributed by atoms with van der Waals surface area (Å²) >= 11 is 0. The fourth-order valence-corrected chi connectivity index (χ4v) is 3.72. The quantitative estimate of drug-likeness (QED) is 0.861. The van der Waals surface area contributed by atoms with Crippen LogP contribution in [0.5, 0.6) is 0 Å². The van der Waals surface area contributed by atoms with Gasteiger partial charge in [-0.3, -0.25) is 4.79 Å². The van der Waals surface area contributed by atoms with Crippen molar-refractivity contribution in [3.63, 3.8) is 0 Å². The van der Waals surface area contributed by atoms with Gasteiger partial charge in [0.15, 0.2) is 0 Å². The van der Waals surface area contributed by atoms with Crippen LogP contribution in [0.4, 0.5) is 0 Å². The van der Waals surface area contributed by atoms with Crippen LogP contribution >= 0.6 is 0 Å². The molecule has 1 fully saturated rings. The number of sulfonamides is 1. The van der Waals surface area contributed by atoms with Crippen LogP contribution in [0.3, 0.4) is 0 Å². The van der Waals surface area contributed by atoms with Crippen molar-refractivity contribution in [3.05, 3.63) is 18.2 Å². The second-order valence-corrected chi connectivity index (χ2v) is 7.76. The third-order valence-corrected chi connectivity index (χ3v) is 4.80. The van der Waals surface area contributed by atoms with Gasteiger partial charge in [0.2, 0.25) is 15.9 Å². The lowest BCUT2D eigenvalue weighted by molar-refractivity contribution is -0.133. The Hall–Kier alpha value is -1.41. The molecule has 1 aromatic heterocycles. The van der Waals surface area contributed by atoms with Crippen molar-refractivity contribution < 1.29 is 13.2 Å². The van der Waals surface area contributed by atoms with Crippen LogP contribution in [0.2, 0.25) is 0 Å². The Kier molecular flexibility index (Phi) is 5.23. The van der Waals surface area contributed by atoms with E-state index in [1.807, 2.05) is 29.5 Å². The first-order chi connectivity index (χ1) is 10.3. The summed E-state index contributed by atoms with van der Waals surface area (Å²) in [4.78, 5) is 18.4. The third kappa shape index (κ3) is 4.54. The first-order valence-corrected chi connectivity index (χ1v) is 9.40. The van der Waals surface area contributed by atoms with Gasteiger partial charge in [-0.1, -0.05) is 0 Å². The van der Waals surface area contributed by atoms with E-state index in [1.165, 1.54) is 6.26 Å². The molecule has 0 bridgehead atoms. The Morgan fingerprint density at radius 1 is 1.45 bits per heavy atom. The average molecular weight is 328 g/mol. The van der Waals surface area contributed by atoms with E-state index in [2.05, 4.69) is 9.71 Å². The minimum Gasteiger partial charge on any atom is -0.343 e. The van der Waals surface area contributed by atoms with E-state index in [0.717, 1.165) is 5.82 Å². The van der Waals surface area contributed by atoms with Gasteiger partial charge in [0.1, 0.15) is 5.82 Å². The Bertz CT molecular complexity index is 618. The molecule has 1 amide bonds. The topological polar surface area (TPSA) is 84.3 Å². The molecule has 0 radical (unpaired) electrons. The summed E-state index contributed by atoms with van der Waals surface area (Å²) in [6.45, 7) is 5.12. The molecular formula is C14H24N4O3S. The highest BCUT2D eigenvalue weighted by molar-refractivity contribution is 7.88. The molecule has 124 valence electrons. The van der Waals surface area contributed by atoms with Gasteiger partial charge in [-0.05, 0) is 26.7 Å². The number of hydrogen-bond acceptors (Lipinski definition) is 4. The highest BCUT2D eigenvalue weighted by Crippen LogP contribution is 2.17. The molecule has 0 spiro atoms. The second kappa shape index (κ2) is 6.78. The largest absolute Gasteiger partial charge is 0.343 e. The monoisotopic (exact) mass is 328 g/mol. The van der Waals surface area contributed by atoms with Crippen molar-refractivity contribution in [2.24, 2.45) is 0 Å². The van der Waals surface area contributed by atoms with Crippen LogP contribution < -0.4 is 4.72 Å². The number of nitrogens with one attached hydrogen (secondary N) is 1. The summed E-state index contributed by atoms with van der Waals surface area (Å²) in [6, 6.07) is 0.00855. The number of piperidine rings is 1. The minimum atomic E-state index is -3.18. The first-order valence-electron chi connectivity index (χ1n) is 7.51. The van der Waals surface area contributed by atoms with Gasteiger partial charge in [-0.25, -0.2) is 18.1 Å². The lowest BCUT2D eigenvalue weighted by Gasteiger charge is -2.32. The van der Waals surface area contributed by atoms with Crippen molar-refractivity contribution in [3.8, 4) is 0 Å². The van der Waals surface area contributed by atoms with Gasteiger partial charge in [-0.15, -0.1) is 0 Å². The lowest BCUT2D eigenvalue weighted by atomic mass is 10.1. The maximum atomic E-state index is 12.4. The Morgan fingerprint density at radius 3 is 2.59 bits per heavy atom. The molecule has 8 heteroatoms. The Morgan fingerprint density at radius 2 is 2.09 bits per heavy atom. The van der Waals surface area contributed by atoms with Crippen LogP contribution in [-0.4, -0.2) is 54.2 Å². The highest BCUT2D eigenvalue weighted by atomic mass is 32.2. The van der Waals surface area contributed by atoms with E-state index >= 15 is 0 Å². The number of hydrogen-bond donors (Lipinski definition) is 1. The van der Waals surface area contributed by atoms with Crippen molar-refractivity contribution in [1.29, 1.82) is 0 Å². The molecule has 1 unspecified atom stereocenters. The smallest absolute Gasteiger partial charge is 0.224 e. The summed E-state index contributed by atoms with van der Waals surface area (Å²) < 4.78 is 27.1. The van der Waals surface area contributed by atoms with Crippen LogP contribution in [0.1, 0.15) is 38.1 Å². The SMILES string of the molecule is Cc1nccn1C(C)CC(=O)N1CCC(NS(C)(=O)=O)CC1. The van der Waals surface area contributed by atoms with Gasteiger partial charge >= 0.3 is 0 Å². The zero-order valence-corrected chi connectivity index (χ0v) is 14.1. The molecule has 0 aliphatic carbocycles. The number of nitrogens with zero attached hydrogens (tertiary/aromatic N) is 3. The van der Waals surface area contributed by atoms with Gasteiger partial charge in [-0.2, -0.15) is 0 Å². The number of rotatable bonds is 5.